The van der Waals surface area contributed by atoms with E-state index in [0.717, 1.165) is 11.8 Å². The molecule has 4 aromatic heterocycles. The lowest BCUT2D eigenvalue weighted by Gasteiger charge is -2.27. The van der Waals surface area contributed by atoms with Crippen LogP contribution in [0.25, 0.3) is 27.9 Å². The first kappa shape index (κ1) is 27.6. The fourth-order valence-corrected chi connectivity index (χ4v) is 3.92. The van der Waals surface area contributed by atoms with Crippen LogP contribution in [0.2, 0.25) is 0 Å². The van der Waals surface area contributed by atoms with Crippen molar-refractivity contribution in [3.05, 3.63) is 60.4 Å². The molecule has 0 aliphatic carbocycles. The van der Waals surface area contributed by atoms with Gasteiger partial charge in [0.05, 0.1) is 37.2 Å². The fourth-order valence-electron chi connectivity index (χ4n) is 3.92. The van der Waals surface area contributed by atoms with Crippen molar-refractivity contribution in [2.45, 2.75) is 12.7 Å². The van der Waals surface area contributed by atoms with Crippen LogP contribution in [-0.2, 0) is 16.1 Å². The SMILES string of the molecule is Fc1ccc2[nH]c(CNc3nc(N4CCOCC4)nc4c3ncn4-c3cccnc3)nc2c1F.O=C(O)C(F)(F)F. The highest BCUT2D eigenvalue weighted by molar-refractivity contribution is 5.85. The molecule has 0 unspecified atom stereocenters. The maximum absolute atomic E-state index is 14.1. The number of benzene rings is 1. The third kappa shape index (κ3) is 5.98. The van der Waals surface area contributed by atoms with Gasteiger partial charge in [-0.25, -0.2) is 23.5 Å². The molecule has 1 fully saturated rings. The van der Waals surface area contributed by atoms with Crippen LogP contribution in [-0.4, -0.2) is 78.0 Å². The third-order valence-corrected chi connectivity index (χ3v) is 5.86. The zero-order valence-corrected chi connectivity index (χ0v) is 20.9. The molecule has 214 valence electrons. The van der Waals surface area contributed by atoms with Gasteiger partial charge in [-0.3, -0.25) is 9.55 Å². The molecule has 41 heavy (non-hydrogen) atoms. The Balaban J connectivity index is 0.000000431. The molecule has 1 aliphatic heterocycles. The minimum atomic E-state index is -5.08. The van der Waals surface area contributed by atoms with Gasteiger partial charge in [-0.1, -0.05) is 0 Å². The first-order valence-electron chi connectivity index (χ1n) is 12.0. The van der Waals surface area contributed by atoms with Gasteiger partial charge in [0, 0.05) is 19.3 Å². The van der Waals surface area contributed by atoms with Crippen molar-refractivity contribution in [1.82, 2.24) is 34.5 Å². The van der Waals surface area contributed by atoms with Gasteiger partial charge >= 0.3 is 12.1 Å². The second kappa shape index (κ2) is 11.3. The average molecular weight is 577 g/mol. The van der Waals surface area contributed by atoms with Gasteiger partial charge in [-0.15, -0.1) is 0 Å². The molecule has 12 nitrogen and oxygen atoms in total. The number of carbonyl (C=O) groups is 1. The monoisotopic (exact) mass is 577 g/mol. The number of alkyl halides is 3. The number of aromatic amines is 1. The summed E-state index contributed by atoms with van der Waals surface area (Å²) in [5.74, 6) is -3.19. The molecule has 5 heterocycles. The van der Waals surface area contributed by atoms with Crippen LogP contribution in [0, 0.1) is 11.6 Å². The standard InChI is InChI=1S/C22H19F2N9O.C2HF3O2/c23-14-3-4-15-18(17(14)24)29-16(28-15)11-26-20-19-21(31-22(30-20)32-6-8-34-9-7-32)33(12-27-19)13-2-1-5-25-10-13;3-2(4,5)1(6)7/h1-5,10,12H,6-9,11H2,(H,28,29)(H,26,30,31);(H,6,7). The number of carboxylic acids is 1. The predicted molar refractivity (Wildman–Crippen MR) is 135 cm³/mol. The molecular formula is C24H20F5N9O3. The van der Waals surface area contributed by atoms with E-state index >= 15 is 0 Å². The van der Waals surface area contributed by atoms with Crippen LogP contribution in [0.15, 0.2) is 43.0 Å². The number of anilines is 2. The quantitative estimate of drug-likeness (QED) is 0.266. The summed E-state index contributed by atoms with van der Waals surface area (Å²) in [6, 6.07) is 6.29. The highest BCUT2D eigenvalue weighted by atomic mass is 19.4. The van der Waals surface area contributed by atoms with E-state index in [-0.39, 0.29) is 12.1 Å². The van der Waals surface area contributed by atoms with Crippen LogP contribution >= 0.6 is 0 Å². The van der Waals surface area contributed by atoms with E-state index in [1.54, 1.807) is 18.7 Å². The third-order valence-electron chi connectivity index (χ3n) is 5.86. The Labute approximate surface area is 226 Å². The van der Waals surface area contributed by atoms with Crippen LogP contribution in [0.3, 0.4) is 0 Å². The van der Waals surface area contributed by atoms with Gasteiger partial charge in [0.1, 0.15) is 17.7 Å². The minimum Gasteiger partial charge on any atom is -0.475 e. The first-order chi connectivity index (χ1) is 19.6. The van der Waals surface area contributed by atoms with Crippen molar-refractivity contribution in [2.24, 2.45) is 0 Å². The highest BCUT2D eigenvalue weighted by Gasteiger charge is 2.38. The molecule has 0 saturated carbocycles. The molecule has 0 radical (unpaired) electrons. The van der Waals surface area contributed by atoms with E-state index < -0.39 is 23.8 Å². The largest absolute Gasteiger partial charge is 0.490 e. The lowest BCUT2D eigenvalue weighted by molar-refractivity contribution is -0.192. The molecule has 6 rings (SSSR count). The second-order valence-electron chi connectivity index (χ2n) is 8.57. The number of aliphatic carboxylic acids is 1. The molecule has 0 spiro atoms. The van der Waals surface area contributed by atoms with E-state index in [1.807, 2.05) is 21.6 Å². The Hall–Kier alpha value is -4.93. The minimum absolute atomic E-state index is 0.0421. The van der Waals surface area contributed by atoms with Crippen molar-refractivity contribution < 1.29 is 36.6 Å². The molecule has 1 aliphatic rings. The van der Waals surface area contributed by atoms with E-state index in [2.05, 4.69) is 25.3 Å². The Morgan fingerprint density at radius 2 is 1.85 bits per heavy atom. The fraction of sp³-hybridized carbons (Fsp3) is 0.250. The average Bonchev–Trinajstić information content (AvgIpc) is 3.59. The number of hydrogen-bond acceptors (Lipinski definition) is 9. The number of pyridine rings is 1. The highest BCUT2D eigenvalue weighted by Crippen LogP contribution is 2.26. The van der Waals surface area contributed by atoms with E-state index in [0.29, 0.717) is 60.6 Å². The van der Waals surface area contributed by atoms with E-state index in [4.69, 9.17) is 24.6 Å². The van der Waals surface area contributed by atoms with Crippen LogP contribution in [0.4, 0.5) is 33.7 Å². The number of morpholine rings is 1. The molecule has 0 bridgehead atoms. The van der Waals surface area contributed by atoms with Gasteiger partial charge < -0.3 is 25.0 Å². The maximum Gasteiger partial charge on any atom is 0.490 e. The summed E-state index contributed by atoms with van der Waals surface area (Å²) in [4.78, 5) is 36.4. The number of aromatic nitrogens is 7. The zero-order valence-electron chi connectivity index (χ0n) is 20.9. The Morgan fingerprint density at radius 1 is 1.10 bits per heavy atom. The number of nitrogens with zero attached hydrogens (tertiary/aromatic N) is 7. The number of ether oxygens (including phenoxy) is 1. The molecule has 1 saturated heterocycles. The van der Waals surface area contributed by atoms with E-state index in [9.17, 15) is 22.0 Å². The molecule has 5 aromatic rings. The molecule has 3 N–H and O–H groups in total. The summed E-state index contributed by atoms with van der Waals surface area (Å²) in [6.45, 7) is 2.71. The number of halogens is 5. The van der Waals surface area contributed by atoms with Crippen LogP contribution in [0.1, 0.15) is 5.82 Å². The number of H-pyrrole nitrogens is 1. The number of carboxylic acid groups (broad SMARTS) is 1. The van der Waals surface area contributed by atoms with Crippen molar-refractivity contribution in [3.8, 4) is 5.69 Å². The lowest BCUT2D eigenvalue weighted by Crippen LogP contribution is -2.37. The molecular weight excluding hydrogens is 557 g/mol. The first-order valence-corrected chi connectivity index (χ1v) is 12.0. The van der Waals surface area contributed by atoms with Crippen LogP contribution < -0.4 is 10.2 Å². The van der Waals surface area contributed by atoms with Gasteiger partial charge in [0.15, 0.2) is 28.6 Å². The van der Waals surface area contributed by atoms with Crippen molar-refractivity contribution >= 4 is 39.9 Å². The summed E-state index contributed by atoms with van der Waals surface area (Å²) in [7, 11) is 0. The number of rotatable bonds is 5. The number of hydrogen-bond donors (Lipinski definition) is 3. The Kier molecular flexibility index (Phi) is 7.60. The number of fused-ring (bicyclic) bond motifs is 2. The van der Waals surface area contributed by atoms with Crippen molar-refractivity contribution in [1.29, 1.82) is 0 Å². The maximum atomic E-state index is 14.1. The molecule has 1 aromatic carbocycles. The summed E-state index contributed by atoms with van der Waals surface area (Å²) >= 11 is 0. The normalized spacial score (nSPS) is 13.7. The van der Waals surface area contributed by atoms with E-state index in [1.165, 1.54) is 6.07 Å². The van der Waals surface area contributed by atoms with Gasteiger partial charge in [-0.05, 0) is 24.3 Å². The molecule has 17 heteroatoms. The number of imidazole rings is 2. The number of nitrogens with one attached hydrogen (secondary N) is 2. The second-order valence-corrected chi connectivity index (χ2v) is 8.57. The Bertz CT molecular complexity index is 1690. The Morgan fingerprint density at radius 3 is 2.54 bits per heavy atom. The summed E-state index contributed by atoms with van der Waals surface area (Å²) in [6.07, 6.45) is 0.0165. The van der Waals surface area contributed by atoms with Gasteiger partial charge in [-0.2, -0.15) is 23.1 Å². The van der Waals surface area contributed by atoms with Crippen molar-refractivity contribution in [3.63, 3.8) is 0 Å². The molecule has 0 atom stereocenters. The van der Waals surface area contributed by atoms with Gasteiger partial charge in [0.2, 0.25) is 5.95 Å². The topological polar surface area (TPSA) is 147 Å². The molecule has 0 amide bonds. The summed E-state index contributed by atoms with van der Waals surface area (Å²) < 4.78 is 66.7. The van der Waals surface area contributed by atoms with Crippen LogP contribution in [0.5, 0.6) is 0 Å². The van der Waals surface area contributed by atoms with Gasteiger partial charge in [0.25, 0.3) is 0 Å². The predicted octanol–water partition coefficient (Wildman–Crippen LogP) is 3.45. The van der Waals surface area contributed by atoms with Crippen molar-refractivity contribution in [2.75, 3.05) is 36.5 Å². The lowest BCUT2D eigenvalue weighted by atomic mass is 10.3. The summed E-state index contributed by atoms with van der Waals surface area (Å²) in [5.41, 5.74) is 2.37. The zero-order chi connectivity index (χ0) is 29.1. The smallest absolute Gasteiger partial charge is 0.475 e. The summed E-state index contributed by atoms with van der Waals surface area (Å²) in [5, 5.41) is 10.4.